The summed E-state index contributed by atoms with van der Waals surface area (Å²) in [6.07, 6.45) is 5.70. The second-order valence-electron chi connectivity index (χ2n) is 3.84. The Labute approximate surface area is 93.5 Å². The average Bonchev–Trinajstić information content (AvgIpc) is 2.86. The third-order valence-corrected chi connectivity index (χ3v) is 5.26. The molecule has 1 aromatic heterocycles. The molecule has 1 heterocycles. The number of hydrogen-bond donors (Lipinski definition) is 1. The molecule has 0 unspecified atom stereocenters. The fourth-order valence-corrected chi connectivity index (χ4v) is 4.15. The first-order valence-corrected chi connectivity index (χ1v) is 7.01. The molecule has 2 rings (SSSR count). The van der Waals surface area contributed by atoms with E-state index in [1.807, 2.05) is 17.8 Å². The average molecular weight is 228 g/mol. The minimum Gasteiger partial charge on any atom is -0.391 e. The van der Waals surface area contributed by atoms with Gasteiger partial charge in [0.2, 0.25) is 0 Å². The minimum atomic E-state index is 0.189. The van der Waals surface area contributed by atoms with Crippen molar-refractivity contribution in [2.75, 3.05) is 5.75 Å². The van der Waals surface area contributed by atoms with Crippen LogP contribution in [0.15, 0.2) is 16.3 Å². The zero-order valence-corrected chi connectivity index (χ0v) is 9.87. The van der Waals surface area contributed by atoms with Crippen molar-refractivity contribution < 1.29 is 5.11 Å². The lowest BCUT2D eigenvalue weighted by molar-refractivity contribution is 0.285. The van der Waals surface area contributed by atoms with Crippen LogP contribution in [0.25, 0.3) is 0 Å². The van der Waals surface area contributed by atoms with Crippen LogP contribution in [-0.2, 0) is 6.61 Å². The molecular formula is C11H16OS2. The lowest BCUT2D eigenvalue weighted by atomic mass is 10.1. The highest BCUT2D eigenvalue weighted by atomic mass is 32.2. The molecule has 0 saturated heterocycles. The Morgan fingerprint density at radius 3 is 2.79 bits per heavy atom. The molecule has 0 atom stereocenters. The molecule has 14 heavy (non-hydrogen) atoms. The van der Waals surface area contributed by atoms with E-state index in [1.54, 1.807) is 11.3 Å². The fraction of sp³-hybridized carbons (Fsp3) is 0.636. The van der Waals surface area contributed by atoms with Gasteiger partial charge in [0.25, 0.3) is 0 Å². The van der Waals surface area contributed by atoms with Crippen molar-refractivity contribution in [2.45, 2.75) is 36.5 Å². The molecule has 78 valence electrons. The van der Waals surface area contributed by atoms with E-state index >= 15 is 0 Å². The van der Waals surface area contributed by atoms with E-state index in [4.69, 9.17) is 5.11 Å². The number of hydrogen-bond acceptors (Lipinski definition) is 3. The SMILES string of the molecule is OCc1ccc(SCC2CCCC2)s1. The van der Waals surface area contributed by atoms with Crippen LogP contribution in [0.3, 0.4) is 0 Å². The molecule has 1 aliphatic rings. The van der Waals surface area contributed by atoms with Gasteiger partial charge >= 0.3 is 0 Å². The zero-order valence-electron chi connectivity index (χ0n) is 8.24. The van der Waals surface area contributed by atoms with Gasteiger partial charge in [0.1, 0.15) is 0 Å². The van der Waals surface area contributed by atoms with Crippen molar-refractivity contribution in [3.05, 3.63) is 17.0 Å². The first kappa shape index (κ1) is 10.5. The Morgan fingerprint density at radius 2 is 2.14 bits per heavy atom. The third-order valence-electron chi connectivity index (χ3n) is 2.73. The molecule has 0 bridgehead atoms. The predicted molar refractivity (Wildman–Crippen MR) is 62.9 cm³/mol. The molecule has 0 spiro atoms. The summed E-state index contributed by atoms with van der Waals surface area (Å²) >= 11 is 3.69. The largest absolute Gasteiger partial charge is 0.391 e. The topological polar surface area (TPSA) is 20.2 Å². The summed E-state index contributed by atoms with van der Waals surface area (Å²) in [5.74, 6) is 2.21. The first-order chi connectivity index (χ1) is 6.88. The summed E-state index contributed by atoms with van der Waals surface area (Å²) in [4.78, 5) is 1.08. The van der Waals surface area contributed by atoms with Crippen molar-refractivity contribution in [3.63, 3.8) is 0 Å². The molecule has 1 N–H and O–H groups in total. The zero-order chi connectivity index (χ0) is 9.80. The van der Waals surface area contributed by atoms with Crippen LogP contribution >= 0.6 is 23.1 Å². The van der Waals surface area contributed by atoms with E-state index in [0.717, 1.165) is 10.8 Å². The maximum Gasteiger partial charge on any atom is 0.0774 e. The van der Waals surface area contributed by atoms with Crippen LogP contribution in [0.1, 0.15) is 30.6 Å². The van der Waals surface area contributed by atoms with Gasteiger partial charge in [0, 0.05) is 10.6 Å². The van der Waals surface area contributed by atoms with Crippen LogP contribution in [0.2, 0.25) is 0 Å². The second-order valence-corrected chi connectivity index (χ2v) is 6.33. The molecule has 1 nitrogen and oxygen atoms in total. The van der Waals surface area contributed by atoms with Crippen molar-refractivity contribution >= 4 is 23.1 Å². The summed E-state index contributed by atoms with van der Waals surface area (Å²) in [7, 11) is 0. The van der Waals surface area contributed by atoms with Crippen LogP contribution in [0.5, 0.6) is 0 Å². The van der Waals surface area contributed by atoms with Crippen molar-refractivity contribution in [1.82, 2.24) is 0 Å². The quantitative estimate of drug-likeness (QED) is 0.796. The van der Waals surface area contributed by atoms with Crippen LogP contribution in [-0.4, -0.2) is 10.9 Å². The smallest absolute Gasteiger partial charge is 0.0774 e. The van der Waals surface area contributed by atoms with Crippen LogP contribution in [0.4, 0.5) is 0 Å². The number of rotatable bonds is 4. The van der Waals surface area contributed by atoms with Crippen molar-refractivity contribution in [2.24, 2.45) is 5.92 Å². The van der Waals surface area contributed by atoms with Gasteiger partial charge in [0.05, 0.1) is 10.8 Å². The van der Waals surface area contributed by atoms with Gasteiger partial charge in [-0.25, -0.2) is 0 Å². The van der Waals surface area contributed by atoms with E-state index in [-0.39, 0.29) is 6.61 Å². The standard InChI is InChI=1S/C11H16OS2/c12-7-10-5-6-11(14-10)13-8-9-3-1-2-4-9/h5-6,9,12H,1-4,7-8H2. The Morgan fingerprint density at radius 1 is 1.36 bits per heavy atom. The maximum absolute atomic E-state index is 8.93. The number of aliphatic hydroxyl groups is 1. The van der Waals surface area contributed by atoms with Crippen molar-refractivity contribution in [3.8, 4) is 0 Å². The van der Waals surface area contributed by atoms with Gasteiger partial charge in [-0.3, -0.25) is 0 Å². The van der Waals surface area contributed by atoms with E-state index < -0.39 is 0 Å². The minimum absolute atomic E-state index is 0.189. The molecule has 0 aromatic carbocycles. The second kappa shape index (κ2) is 5.19. The predicted octanol–water partition coefficient (Wildman–Crippen LogP) is 3.52. The van der Waals surface area contributed by atoms with E-state index in [2.05, 4.69) is 6.07 Å². The Bertz CT molecular complexity index is 277. The van der Waals surface area contributed by atoms with Gasteiger partial charge < -0.3 is 5.11 Å². The molecule has 1 saturated carbocycles. The normalized spacial score (nSPS) is 17.8. The summed E-state index contributed by atoms with van der Waals surface area (Å²) < 4.78 is 1.36. The molecule has 0 aliphatic heterocycles. The van der Waals surface area contributed by atoms with Gasteiger partial charge in [-0.1, -0.05) is 12.8 Å². The van der Waals surface area contributed by atoms with Gasteiger partial charge in [-0.15, -0.1) is 23.1 Å². The molecule has 1 aliphatic carbocycles. The molecule has 1 fully saturated rings. The van der Waals surface area contributed by atoms with Gasteiger partial charge in [0.15, 0.2) is 0 Å². The first-order valence-electron chi connectivity index (χ1n) is 5.21. The van der Waals surface area contributed by atoms with Gasteiger partial charge in [-0.2, -0.15) is 0 Å². The Hall–Kier alpha value is 0.01000. The fourth-order valence-electron chi connectivity index (χ4n) is 1.90. The molecule has 3 heteroatoms. The number of thiophene rings is 1. The monoisotopic (exact) mass is 228 g/mol. The van der Waals surface area contributed by atoms with Crippen LogP contribution in [0, 0.1) is 5.92 Å². The lowest BCUT2D eigenvalue weighted by Gasteiger charge is -2.05. The molecule has 1 aromatic rings. The third kappa shape index (κ3) is 2.75. The Balaban J connectivity index is 1.79. The summed E-state index contributed by atoms with van der Waals surface area (Å²) in [5, 5.41) is 8.93. The van der Waals surface area contributed by atoms with Crippen molar-refractivity contribution in [1.29, 1.82) is 0 Å². The number of thioether (sulfide) groups is 1. The number of aliphatic hydroxyl groups excluding tert-OH is 1. The van der Waals surface area contributed by atoms with E-state index in [9.17, 15) is 0 Å². The van der Waals surface area contributed by atoms with E-state index in [1.165, 1.54) is 35.6 Å². The lowest BCUT2D eigenvalue weighted by Crippen LogP contribution is -1.95. The summed E-state index contributed by atoms with van der Waals surface area (Å²) in [6, 6.07) is 4.16. The highest BCUT2D eigenvalue weighted by molar-refractivity contribution is 8.01. The summed E-state index contributed by atoms with van der Waals surface area (Å²) in [6.45, 7) is 0.189. The highest BCUT2D eigenvalue weighted by Gasteiger charge is 2.15. The molecule has 0 radical (unpaired) electrons. The summed E-state index contributed by atoms with van der Waals surface area (Å²) in [5.41, 5.74) is 0. The highest BCUT2D eigenvalue weighted by Crippen LogP contribution is 2.33. The molecular weight excluding hydrogens is 212 g/mol. The Kier molecular flexibility index (Phi) is 3.90. The van der Waals surface area contributed by atoms with Crippen LogP contribution < -0.4 is 0 Å². The maximum atomic E-state index is 8.93. The van der Waals surface area contributed by atoms with Gasteiger partial charge in [-0.05, 0) is 30.9 Å². The molecule has 0 amide bonds. The van der Waals surface area contributed by atoms with E-state index in [0.29, 0.717) is 0 Å².